The average Bonchev–Trinajstić information content (AvgIpc) is 1.59. The zero-order valence-electron chi connectivity index (χ0n) is 74.8. The molecule has 6 amide bonds. The number of nitrogen functional groups attached to an aromatic ring is 3. The van der Waals surface area contributed by atoms with E-state index in [-0.39, 0.29) is 59.0 Å². The van der Waals surface area contributed by atoms with Crippen molar-refractivity contribution in [3.05, 3.63) is 234 Å². The first kappa shape index (κ1) is 90.4. The molecule has 6 fully saturated rings. The Labute approximate surface area is 757 Å². The van der Waals surface area contributed by atoms with Crippen LogP contribution in [0.15, 0.2) is 183 Å². The number of anilines is 6. The molecular formula is C98H109F3N24O6. The molecule has 0 radical (unpaired) electrons. The highest BCUT2D eigenvalue weighted by molar-refractivity contribution is 6.09. The average molecular weight is 1780 g/mol. The number of nitrogens with zero attached hydrogens (tertiary/aromatic N) is 18. The molecule has 3 aromatic carbocycles. The van der Waals surface area contributed by atoms with Crippen LogP contribution in [0.5, 0.6) is 0 Å². The minimum absolute atomic E-state index is 0.0145. The summed E-state index contributed by atoms with van der Waals surface area (Å²) in [5, 5.41) is 10.4. The molecule has 9 N–H and O–H groups in total. The van der Waals surface area contributed by atoms with Gasteiger partial charge in [0, 0.05) is 164 Å². The van der Waals surface area contributed by atoms with E-state index in [2.05, 4.69) is 131 Å². The number of carbonyl (C=O) groups is 6. The monoisotopic (exact) mass is 1770 g/mol. The number of hydrogen-bond acceptors (Lipinski definition) is 21. The maximum Gasteiger partial charge on any atom is 0.416 e. The Morgan fingerprint density at radius 1 is 0.420 bits per heavy atom. The molecule has 678 valence electrons. The lowest BCUT2D eigenvalue weighted by Gasteiger charge is -2.18. The standard InChI is InChI=1S/C34H40N8O2.C32H33F3N8O2.C32H36N8O2/c1-4-6-23-14-16-36-28(19-23)39-34(44)25-10-8-24(9-11-25)30-22(2)42(33-31(30)32(35)37-21-38-33)27-15-18-41(20-27)29(43)7-5-17-40(3)26-12-13-26;1-19-27(20-5-7-21(8-6-20)31(45)40-25-16-22(11-13-37-25)32(33,34)35)28-29(36)38-18-39-30(28)43(19)24-12-15-42(17-24)26(44)4-3-14-41(2)23-9-10-23;1-20-12-14-34-26(17-20)37-32(42)23-8-6-22(7-9-23)28-21(2)40(31-29(28)30(33)35-19-36-31)25-13-16-39(18-25)27(41)5-4-15-38(3)24-10-11-24/h5,7-11,14,16,19,21,26-27H,4,6,12-13,15,17-18,20H2,1-3H3,(H2,35,37,38)(H,36,39,44);3-8,11,13,16,18,23-24H,9-10,12,14-15,17H2,1-2H3,(H2,36,38,39)(H,37,40,45);4-9,12,14,17,19,24-25H,10-11,13,15-16,18H2,1-3H3,(H2,33,35,36)(H,34,37,42)/b7-5+;4-3+;5-4+/t27-;24-;25-/m111/s1. The first-order chi connectivity index (χ1) is 63.1. The third-order valence-electron chi connectivity index (χ3n) is 25.6. The highest BCUT2D eigenvalue weighted by Gasteiger charge is 2.37. The molecule has 3 atom stereocenters. The number of aromatic nitrogens is 12. The molecule has 12 heterocycles. The van der Waals surface area contributed by atoms with Crippen molar-refractivity contribution < 1.29 is 41.9 Å². The Hall–Kier alpha value is -13.9. The molecular weight excluding hydrogens is 1670 g/mol. The normalized spacial score (nSPS) is 17.0. The first-order valence-corrected chi connectivity index (χ1v) is 44.6. The summed E-state index contributed by atoms with van der Waals surface area (Å²) in [7, 11) is 6.29. The minimum Gasteiger partial charge on any atom is -0.383 e. The van der Waals surface area contributed by atoms with E-state index >= 15 is 0 Å². The molecule has 3 aliphatic heterocycles. The number of halogens is 3. The molecule has 6 aliphatic rings. The number of pyridine rings is 3. The van der Waals surface area contributed by atoms with Crippen LogP contribution in [0.2, 0.25) is 0 Å². The van der Waals surface area contributed by atoms with Gasteiger partial charge in [-0.3, -0.25) is 43.5 Å². The fraction of sp³-hybridized carbons (Fsp3) is 0.357. The van der Waals surface area contributed by atoms with Crippen molar-refractivity contribution in [2.24, 2.45) is 0 Å². The lowest BCUT2D eigenvalue weighted by Crippen LogP contribution is -2.28. The Bertz CT molecular complexity index is 6370. The van der Waals surface area contributed by atoms with Crippen LogP contribution < -0.4 is 33.2 Å². The van der Waals surface area contributed by atoms with Crippen LogP contribution in [0.4, 0.5) is 48.1 Å². The van der Waals surface area contributed by atoms with Crippen molar-refractivity contribution in [3.63, 3.8) is 0 Å². The predicted octanol–water partition coefficient (Wildman–Crippen LogP) is 14.5. The molecule has 3 saturated heterocycles. The zero-order valence-corrected chi connectivity index (χ0v) is 74.8. The SMILES string of the molecule is CCCc1ccnc(NC(=O)c2ccc(-c3c(C)n([C@@H]4CCN(C(=O)/C=C/CN(C)C5CC5)C4)c4ncnc(N)c34)cc2)c1.Cc1c(-c2ccc(C(=O)Nc3cc(C(F)(F)F)ccn3)cc2)c2c(N)ncnc2n1[C@@H]1CCN(C(=O)/C=C/CN(C)C2CC2)C1.Cc1ccnc(NC(=O)c2ccc(-c3c(C)n([C@@H]4CCN(C(=O)/C=C/CN(C)C5CC5)C4)c4ncnc(N)c34)cc2)c1. The second-order valence-electron chi connectivity index (χ2n) is 34.8. The van der Waals surface area contributed by atoms with Gasteiger partial charge in [0.05, 0.1) is 39.8 Å². The maximum absolute atomic E-state index is 13.1. The molecule has 0 unspecified atom stereocenters. The van der Waals surface area contributed by atoms with Crippen molar-refractivity contribution in [2.75, 3.05) is 113 Å². The molecule has 3 saturated carbocycles. The van der Waals surface area contributed by atoms with Gasteiger partial charge < -0.3 is 61.6 Å². The Morgan fingerprint density at radius 3 is 1.06 bits per heavy atom. The molecule has 30 nitrogen and oxygen atoms in total. The molecule has 18 rings (SSSR count). The van der Waals surface area contributed by atoms with Gasteiger partial charge in [-0.25, -0.2) is 44.9 Å². The van der Waals surface area contributed by atoms with Crippen LogP contribution in [0.3, 0.4) is 0 Å². The highest BCUT2D eigenvalue weighted by atomic mass is 19.4. The topological polar surface area (TPSA) is 367 Å². The number of nitrogens with two attached hydrogens (primary N) is 3. The number of likely N-dealkylation sites (N-methyl/N-ethyl adjacent to an activating group) is 3. The number of nitrogens with one attached hydrogen (secondary N) is 3. The second kappa shape index (κ2) is 39.2. The number of amides is 6. The number of likely N-dealkylation sites (tertiary alicyclic amines) is 3. The van der Waals surface area contributed by atoms with Gasteiger partial charge in [0.1, 0.15) is 70.8 Å². The Kier molecular flexibility index (Phi) is 27.0. The van der Waals surface area contributed by atoms with E-state index in [4.69, 9.17) is 17.2 Å². The summed E-state index contributed by atoms with van der Waals surface area (Å²) in [4.78, 5) is 129. The summed E-state index contributed by atoms with van der Waals surface area (Å²) in [5.74, 6) is 0.986. The summed E-state index contributed by atoms with van der Waals surface area (Å²) in [6.07, 6.45) is 27.0. The summed E-state index contributed by atoms with van der Waals surface area (Å²) < 4.78 is 45.7. The minimum atomic E-state index is -4.55. The molecule has 9 aromatic heterocycles. The van der Waals surface area contributed by atoms with Gasteiger partial charge in [-0.2, -0.15) is 13.2 Å². The number of alkyl halides is 3. The van der Waals surface area contributed by atoms with Crippen molar-refractivity contribution in [3.8, 4) is 33.4 Å². The van der Waals surface area contributed by atoms with E-state index in [0.717, 1.165) is 154 Å². The van der Waals surface area contributed by atoms with Gasteiger partial charge in [0.25, 0.3) is 17.7 Å². The quantitative estimate of drug-likeness (QED) is 0.0274. The van der Waals surface area contributed by atoms with E-state index in [0.29, 0.717) is 109 Å². The lowest BCUT2D eigenvalue weighted by molar-refractivity contribution is -0.137. The van der Waals surface area contributed by atoms with Crippen LogP contribution >= 0.6 is 0 Å². The van der Waals surface area contributed by atoms with Crippen molar-refractivity contribution >= 4 is 103 Å². The van der Waals surface area contributed by atoms with Gasteiger partial charge in [-0.05, 0) is 214 Å². The number of aryl methyl sites for hydroxylation is 2. The summed E-state index contributed by atoms with van der Waals surface area (Å²) >= 11 is 0. The molecule has 33 heteroatoms. The molecule has 3 aliphatic carbocycles. The fourth-order valence-corrected chi connectivity index (χ4v) is 18.1. The van der Waals surface area contributed by atoms with Crippen LogP contribution in [-0.4, -0.2) is 222 Å². The Balaban J connectivity index is 0.000000144. The zero-order chi connectivity index (χ0) is 92.1. The number of carbonyl (C=O) groups excluding carboxylic acids is 6. The summed E-state index contributed by atoms with van der Waals surface area (Å²) in [6.45, 7) is 16.2. The van der Waals surface area contributed by atoms with E-state index in [1.807, 2.05) is 107 Å². The third-order valence-corrected chi connectivity index (χ3v) is 25.6. The van der Waals surface area contributed by atoms with E-state index in [1.165, 1.54) is 57.5 Å². The van der Waals surface area contributed by atoms with Crippen LogP contribution in [0, 0.1) is 27.7 Å². The Morgan fingerprint density at radius 2 is 0.740 bits per heavy atom. The molecule has 0 bridgehead atoms. The summed E-state index contributed by atoms with van der Waals surface area (Å²) in [6, 6.07) is 32.9. The van der Waals surface area contributed by atoms with Gasteiger partial charge in [0.2, 0.25) is 17.7 Å². The maximum atomic E-state index is 13.1. The first-order valence-electron chi connectivity index (χ1n) is 44.6. The number of rotatable bonds is 26. The molecule has 131 heavy (non-hydrogen) atoms. The predicted molar refractivity (Wildman–Crippen MR) is 502 cm³/mol. The number of hydrogen-bond donors (Lipinski definition) is 6. The van der Waals surface area contributed by atoms with Crippen molar-refractivity contribution in [2.45, 2.75) is 148 Å². The van der Waals surface area contributed by atoms with Crippen molar-refractivity contribution in [1.82, 2.24) is 88.0 Å². The smallest absolute Gasteiger partial charge is 0.383 e. The second-order valence-corrected chi connectivity index (χ2v) is 34.8. The van der Waals surface area contributed by atoms with Crippen molar-refractivity contribution in [1.29, 1.82) is 0 Å². The van der Waals surface area contributed by atoms with Gasteiger partial charge in [0.15, 0.2) is 0 Å². The van der Waals surface area contributed by atoms with Crippen LogP contribution in [-0.2, 0) is 27.0 Å². The van der Waals surface area contributed by atoms with Crippen LogP contribution in [0.1, 0.15) is 154 Å². The van der Waals surface area contributed by atoms with E-state index in [9.17, 15) is 41.9 Å². The molecule has 0 spiro atoms. The highest BCUT2D eigenvalue weighted by Crippen LogP contribution is 2.45. The fourth-order valence-electron chi connectivity index (χ4n) is 18.1. The number of benzene rings is 3. The van der Waals surface area contributed by atoms with Crippen LogP contribution in [0.25, 0.3) is 66.5 Å². The molecule has 12 aromatic rings. The summed E-state index contributed by atoms with van der Waals surface area (Å²) in [5.41, 5.74) is 32.1. The largest absolute Gasteiger partial charge is 0.416 e. The van der Waals surface area contributed by atoms with Gasteiger partial charge in [-0.15, -0.1) is 0 Å². The third kappa shape index (κ3) is 20.6. The number of fused-ring (bicyclic) bond motifs is 3. The van der Waals surface area contributed by atoms with E-state index < -0.39 is 17.6 Å². The van der Waals surface area contributed by atoms with Gasteiger partial charge >= 0.3 is 6.18 Å². The lowest BCUT2D eigenvalue weighted by atomic mass is 10.0. The van der Waals surface area contributed by atoms with E-state index in [1.54, 1.807) is 67.0 Å². The van der Waals surface area contributed by atoms with Gasteiger partial charge in [-0.1, -0.05) is 68.0 Å².